The fourth-order valence-electron chi connectivity index (χ4n) is 1.73. The molecule has 82 valence electrons. The van der Waals surface area contributed by atoms with Crippen molar-refractivity contribution < 1.29 is 0 Å². The maximum absolute atomic E-state index is 11.5. The quantitative estimate of drug-likeness (QED) is 0.733. The van der Waals surface area contributed by atoms with Crippen LogP contribution in [0.2, 0.25) is 0 Å². The van der Waals surface area contributed by atoms with E-state index < -0.39 is 0 Å². The van der Waals surface area contributed by atoms with Crippen LogP contribution in [0.4, 0.5) is 0 Å². The Balaban J connectivity index is 1.83. The molecule has 0 aliphatic heterocycles. The van der Waals surface area contributed by atoms with E-state index in [0.717, 1.165) is 31.2 Å². The minimum absolute atomic E-state index is 0.100. The number of rotatable bonds is 5. The monoisotopic (exact) mass is 206 g/mol. The van der Waals surface area contributed by atoms with Crippen LogP contribution in [0.5, 0.6) is 0 Å². The maximum atomic E-state index is 11.5. The van der Waals surface area contributed by atoms with E-state index in [1.807, 2.05) is 23.6 Å². The van der Waals surface area contributed by atoms with Crippen molar-refractivity contribution in [1.29, 1.82) is 0 Å². The smallest absolute Gasteiger partial charge is 0.250 e. The van der Waals surface area contributed by atoms with E-state index in [9.17, 15) is 4.79 Å². The molecular weight excluding hydrogens is 188 g/mol. The van der Waals surface area contributed by atoms with Crippen molar-refractivity contribution in [3.63, 3.8) is 0 Å². The standard InChI is InChI=1S/C12H18N2O/c1-10-3-2-4-12(15)14(10)8-7-13-9-11-5-6-11/h2-4,11,13H,5-9H2,1H3. The Morgan fingerprint density at radius 3 is 2.93 bits per heavy atom. The molecule has 0 saturated heterocycles. The molecule has 0 unspecified atom stereocenters. The second kappa shape index (κ2) is 4.62. The first-order valence-corrected chi connectivity index (χ1v) is 5.64. The van der Waals surface area contributed by atoms with Crippen molar-refractivity contribution in [3.05, 3.63) is 34.2 Å². The zero-order valence-corrected chi connectivity index (χ0v) is 9.20. The highest BCUT2D eigenvalue weighted by Gasteiger charge is 2.19. The van der Waals surface area contributed by atoms with Gasteiger partial charge in [-0.15, -0.1) is 0 Å². The first kappa shape index (κ1) is 10.4. The summed E-state index contributed by atoms with van der Waals surface area (Å²) in [6, 6.07) is 5.40. The number of pyridine rings is 1. The summed E-state index contributed by atoms with van der Waals surface area (Å²) in [6.07, 6.45) is 2.74. The van der Waals surface area contributed by atoms with Gasteiger partial charge in [0.1, 0.15) is 0 Å². The van der Waals surface area contributed by atoms with Gasteiger partial charge in [-0.3, -0.25) is 4.79 Å². The van der Waals surface area contributed by atoms with E-state index in [1.165, 1.54) is 12.8 Å². The summed E-state index contributed by atoms with van der Waals surface area (Å²) < 4.78 is 1.82. The van der Waals surface area contributed by atoms with Gasteiger partial charge >= 0.3 is 0 Å². The predicted molar refractivity (Wildman–Crippen MR) is 61.0 cm³/mol. The number of nitrogens with zero attached hydrogens (tertiary/aromatic N) is 1. The molecular formula is C12H18N2O. The third-order valence-electron chi connectivity index (χ3n) is 2.91. The highest BCUT2D eigenvalue weighted by Crippen LogP contribution is 2.27. The fraction of sp³-hybridized carbons (Fsp3) is 0.583. The van der Waals surface area contributed by atoms with Gasteiger partial charge in [-0.05, 0) is 38.3 Å². The van der Waals surface area contributed by atoms with Crippen molar-refractivity contribution in [2.24, 2.45) is 5.92 Å². The largest absolute Gasteiger partial charge is 0.315 e. The molecule has 2 rings (SSSR count). The Kier molecular flexibility index (Phi) is 3.21. The SMILES string of the molecule is Cc1cccc(=O)n1CCNCC1CC1. The number of hydrogen-bond acceptors (Lipinski definition) is 2. The van der Waals surface area contributed by atoms with Crippen molar-refractivity contribution >= 4 is 0 Å². The number of hydrogen-bond donors (Lipinski definition) is 1. The van der Waals surface area contributed by atoms with Gasteiger partial charge in [0.05, 0.1) is 0 Å². The van der Waals surface area contributed by atoms with Gasteiger partial charge in [-0.2, -0.15) is 0 Å². The molecule has 0 atom stereocenters. The lowest BCUT2D eigenvalue weighted by molar-refractivity contribution is 0.559. The van der Waals surface area contributed by atoms with E-state index in [1.54, 1.807) is 6.07 Å². The molecule has 0 spiro atoms. The highest BCUT2D eigenvalue weighted by atomic mass is 16.1. The molecule has 0 bridgehead atoms. The maximum Gasteiger partial charge on any atom is 0.250 e. The molecule has 0 aromatic carbocycles. The first-order chi connectivity index (χ1) is 7.27. The van der Waals surface area contributed by atoms with Gasteiger partial charge < -0.3 is 9.88 Å². The molecule has 0 radical (unpaired) electrons. The molecule has 3 heteroatoms. The van der Waals surface area contributed by atoms with Crippen molar-refractivity contribution in [1.82, 2.24) is 9.88 Å². The molecule has 1 N–H and O–H groups in total. The van der Waals surface area contributed by atoms with Gasteiger partial charge in [0.2, 0.25) is 0 Å². The van der Waals surface area contributed by atoms with E-state index in [0.29, 0.717) is 0 Å². The second-order valence-corrected chi connectivity index (χ2v) is 4.30. The minimum atomic E-state index is 0.100. The van der Waals surface area contributed by atoms with Gasteiger partial charge in [0, 0.05) is 24.8 Å². The molecule has 1 heterocycles. The average molecular weight is 206 g/mol. The van der Waals surface area contributed by atoms with Crippen LogP contribution in [0, 0.1) is 12.8 Å². The number of nitrogens with one attached hydrogen (secondary N) is 1. The Morgan fingerprint density at radius 2 is 2.27 bits per heavy atom. The van der Waals surface area contributed by atoms with Crippen LogP contribution in [-0.4, -0.2) is 17.7 Å². The number of aromatic nitrogens is 1. The molecule has 1 fully saturated rings. The lowest BCUT2D eigenvalue weighted by atomic mass is 10.3. The van der Waals surface area contributed by atoms with E-state index >= 15 is 0 Å². The molecule has 1 aliphatic rings. The van der Waals surface area contributed by atoms with Crippen LogP contribution in [0.3, 0.4) is 0 Å². The minimum Gasteiger partial charge on any atom is -0.315 e. The number of aryl methyl sites for hydroxylation is 1. The average Bonchev–Trinajstić information content (AvgIpc) is 3.00. The fourth-order valence-corrected chi connectivity index (χ4v) is 1.73. The van der Waals surface area contributed by atoms with Crippen molar-refractivity contribution in [2.45, 2.75) is 26.3 Å². The first-order valence-electron chi connectivity index (χ1n) is 5.64. The summed E-state index contributed by atoms with van der Waals surface area (Å²) >= 11 is 0. The van der Waals surface area contributed by atoms with Gasteiger partial charge in [0.25, 0.3) is 5.56 Å². The summed E-state index contributed by atoms with van der Waals surface area (Å²) in [4.78, 5) is 11.5. The van der Waals surface area contributed by atoms with Gasteiger partial charge in [-0.25, -0.2) is 0 Å². The van der Waals surface area contributed by atoms with E-state index in [4.69, 9.17) is 0 Å². The zero-order chi connectivity index (χ0) is 10.7. The van der Waals surface area contributed by atoms with Gasteiger partial charge in [-0.1, -0.05) is 6.07 Å². The molecule has 3 nitrogen and oxygen atoms in total. The second-order valence-electron chi connectivity index (χ2n) is 4.30. The Labute approximate surface area is 90.1 Å². The van der Waals surface area contributed by atoms with E-state index in [-0.39, 0.29) is 5.56 Å². The van der Waals surface area contributed by atoms with E-state index in [2.05, 4.69) is 5.32 Å². The molecule has 1 aliphatic carbocycles. The lowest BCUT2D eigenvalue weighted by Crippen LogP contribution is -2.28. The molecule has 0 amide bonds. The molecule has 1 saturated carbocycles. The van der Waals surface area contributed by atoms with Crippen LogP contribution in [-0.2, 0) is 6.54 Å². The topological polar surface area (TPSA) is 34.0 Å². The third-order valence-corrected chi connectivity index (χ3v) is 2.91. The van der Waals surface area contributed by atoms with Crippen LogP contribution in [0.25, 0.3) is 0 Å². The normalized spacial score (nSPS) is 15.5. The summed E-state index contributed by atoms with van der Waals surface area (Å²) in [7, 11) is 0. The van der Waals surface area contributed by atoms with Crippen molar-refractivity contribution in [3.8, 4) is 0 Å². The van der Waals surface area contributed by atoms with Crippen LogP contribution < -0.4 is 10.9 Å². The Morgan fingerprint density at radius 1 is 1.47 bits per heavy atom. The molecule has 1 aromatic rings. The van der Waals surface area contributed by atoms with Crippen LogP contribution in [0.1, 0.15) is 18.5 Å². The Hall–Kier alpha value is -1.09. The summed E-state index contributed by atoms with van der Waals surface area (Å²) in [6.45, 7) is 4.75. The summed E-state index contributed by atoms with van der Waals surface area (Å²) in [5.41, 5.74) is 1.14. The Bertz CT molecular complexity index is 379. The highest BCUT2D eigenvalue weighted by molar-refractivity contribution is 5.04. The molecule has 15 heavy (non-hydrogen) atoms. The van der Waals surface area contributed by atoms with Crippen LogP contribution in [0.15, 0.2) is 23.0 Å². The molecule has 1 aromatic heterocycles. The van der Waals surface area contributed by atoms with Crippen LogP contribution >= 0.6 is 0 Å². The third kappa shape index (κ3) is 2.93. The zero-order valence-electron chi connectivity index (χ0n) is 9.20. The van der Waals surface area contributed by atoms with Gasteiger partial charge in [0.15, 0.2) is 0 Å². The van der Waals surface area contributed by atoms with Crippen molar-refractivity contribution in [2.75, 3.05) is 13.1 Å². The predicted octanol–water partition coefficient (Wildman–Crippen LogP) is 1.16. The summed E-state index contributed by atoms with van der Waals surface area (Å²) in [5.74, 6) is 0.901. The lowest BCUT2D eigenvalue weighted by Gasteiger charge is -2.09. The summed E-state index contributed by atoms with van der Waals surface area (Å²) in [5, 5.41) is 3.39.